The van der Waals surface area contributed by atoms with Crippen LogP contribution in [0.1, 0.15) is 44.6 Å². The Bertz CT molecular complexity index is 381. The van der Waals surface area contributed by atoms with Gasteiger partial charge in [0.25, 0.3) is 0 Å². The molecule has 0 atom stereocenters. The van der Waals surface area contributed by atoms with Gasteiger partial charge in [-0.3, -0.25) is 4.98 Å². The summed E-state index contributed by atoms with van der Waals surface area (Å²) in [4.78, 5) is 4.65. The number of nitrogens with zero attached hydrogens (tertiary/aromatic N) is 1. The summed E-state index contributed by atoms with van der Waals surface area (Å²) >= 11 is 0. The number of hydrogen-bond donors (Lipinski definition) is 0. The Hall–Kier alpha value is -1.37. The van der Waals surface area contributed by atoms with Gasteiger partial charge in [-0.05, 0) is 24.6 Å². The minimum Gasteiger partial charge on any atom is -0.252 e. The highest BCUT2D eigenvalue weighted by atomic mass is 14.7. The maximum atomic E-state index is 4.65. The summed E-state index contributed by atoms with van der Waals surface area (Å²) in [7, 11) is 0. The molecule has 0 aromatic carbocycles. The lowest BCUT2D eigenvalue weighted by Gasteiger charge is -2.18. The molecule has 0 saturated carbocycles. The Morgan fingerprint density at radius 1 is 1.27 bits per heavy atom. The van der Waals surface area contributed by atoms with E-state index >= 15 is 0 Å². The van der Waals surface area contributed by atoms with Gasteiger partial charge in [0.05, 0.1) is 5.69 Å². The molecule has 1 rings (SSSR count). The van der Waals surface area contributed by atoms with E-state index in [1.54, 1.807) is 0 Å². The number of allylic oxidation sites excluding steroid dienone is 1. The van der Waals surface area contributed by atoms with E-state index in [2.05, 4.69) is 44.5 Å². The second-order valence-corrected chi connectivity index (χ2v) is 4.63. The molecule has 0 radical (unpaired) electrons. The van der Waals surface area contributed by atoms with Crippen molar-refractivity contribution in [1.82, 2.24) is 4.98 Å². The molecule has 1 nitrogen and oxygen atoms in total. The molecule has 0 spiro atoms. The lowest BCUT2D eigenvalue weighted by Crippen LogP contribution is -2.14. The van der Waals surface area contributed by atoms with Crippen molar-refractivity contribution in [3.05, 3.63) is 41.7 Å². The van der Waals surface area contributed by atoms with E-state index in [1.807, 2.05) is 25.2 Å². The van der Waals surface area contributed by atoms with Crippen molar-refractivity contribution in [3.8, 4) is 0 Å². The van der Waals surface area contributed by atoms with E-state index in [4.69, 9.17) is 0 Å². The van der Waals surface area contributed by atoms with Crippen LogP contribution in [0.2, 0.25) is 0 Å². The standard InChI is InChI=1S/C14H19N/c1-6-8-12-11(7-2)9-10-13(15-12)14(3,4)5/h6-10H,2H2,1,3-5H3. The lowest BCUT2D eigenvalue weighted by molar-refractivity contribution is 0.568. The Morgan fingerprint density at radius 3 is 2.40 bits per heavy atom. The SMILES string of the molecule is C=Cc1ccc(C(C)(C)C)nc1C=CC. The van der Waals surface area contributed by atoms with Gasteiger partial charge in [-0.1, -0.05) is 45.6 Å². The molecule has 0 aliphatic heterocycles. The smallest absolute Gasteiger partial charge is 0.0702 e. The quantitative estimate of drug-likeness (QED) is 0.703. The normalized spacial score (nSPS) is 12.0. The molecule has 1 aromatic heterocycles. The molecular formula is C14H19N. The van der Waals surface area contributed by atoms with Crippen LogP contribution in [-0.2, 0) is 5.41 Å². The number of hydrogen-bond acceptors (Lipinski definition) is 1. The summed E-state index contributed by atoms with van der Waals surface area (Å²) in [5, 5.41) is 0. The van der Waals surface area contributed by atoms with Gasteiger partial charge in [-0.25, -0.2) is 0 Å². The molecule has 15 heavy (non-hydrogen) atoms. The first-order valence-corrected chi connectivity index (χ1v) is 5.25. The molecule has 1 aromatic rings. The first-order chi connectivity index (χ1) is 6.99. The minimum absolute atomic E-state index is 0.0933. The summed E-state index contributed by atoms with van der Waals surface area (Å²) in [5.74, 6) is 0. The monoisotopic (exact) mass is 201 g/mol. The highest BCUT2D eigenvalue weighted by Gasteiger charge is 2.15. The van der Waals surface area contributed by atoms with Gasteiger partial charge in [-0.2, -0.15) is 0 Å². The molecule has 0 aliphatic carbocycles. The summed E-state index contributed by atoms with van der Waals surface area (Å²) in [6.45, 7) is 12.3. The second-order valence-electron chi connectivity index (χ2n) is 4.63. The number of pyridine rings is 1. The van der Waals surface area contributed by atoms with Crippen LogP contribution in [0.15, 0.2) is 24.8 Å². The zero-order valence-corrected chi connectivity index (χ0v) is 10.0. The highest BCUT2D eigenvalue weighted by Crippen LogP contribution is 2.22. The highest BCUT2D eigenvalue weighted by molar-refractivity contribution is 5.61. The zero-order chi connectivity index (χ0) is 11.5. The van der Waals surface area contributed by atoms with E-state index < -0.39 is 0 Å². The van der Waals surface area contributed by atoms with Crippen LogP contribution in [0.5, 0.6) is 0 Å². The Labute approximate surface area is 92.6 Å². The third-order valence-corrected chi connectivity index (χ3v) is 2.27. The van der Waals surface area contributed by atoms with Crippen LogP contribution in [0.3, 0.4) is 0 Å². The molecular weight excluding hydrogens is 182 g/mol. The predicted octanol–water partition coefficient (Wildman–Crippen LogP) is 4.06. The van der Waals surface area contributed by atoms with Crippen LogP contribution in [0.25, 0.3) is 12.2 Å². The Kier molecular flexibility index (Phi) is 3.46. The Balaban J connectivity index is 3.28. The summed E-state index contributed by atoms with van der Waals surface area (Å²) in [6, 6.07) is 4.15. The topological polar surface area (TPSA) is 12.9 Å². The third kappa shape index (κ3) is 2.79. The maximum Gasteiger partial charge on any atom is 0.0702 e. The molecule has 1 heteroatoms. The van der Waals surface area contributed by atoms with Gasteiger partial charge in [0.1, 0.15) is 0 Å². The largest absolute Gasteiger partial charge is 0.252 e. The summed E-state index contributed by atoms with van der Waals surface area (Å²) in [6.07, 6.45) is 5.86. The number of rotatable bonds is 2. The summed E-state index contributed by atoms with van der Waals surface area (Å²) in [5.41, 5.74) is 3.29. The van der Waals surface area contributed by atoms with Crippen LogP contribution in [0, 0.1) is 0 Å². The van der Waals surface area contributed by atoms with E-state index in [1.165, 1.54) is 0 Å². The molecule has 80 valence electrons. The van der Waals surface area contributed by atoms with Crippen molar-refractivity contribution >= 4 is 12.2 Å². The fourth-order valence-corrected chi connectivity index (χ4v) is 1.37. The first-order valence-electron chi connectivity index (χ1n) is 5.25. The molecule has 0 N–H and O–H groups in total. The predicted molar refractivity (Wildman–Crippen MR) is 67.7 cm³/mol. The number of aromatic nitrogens is 1. The van der Waals surface area contributed by atoms with E-state index in [0.717, 1.165) is 17.0 Å². The van der Waals surface area contributed by atoms with Crippen molar-refractivity contribution in [2.45, 2.75) is 33.1 Å². The summed E-state index contributed by atoms with van der Waals surface area (Å²) < 4.78 is 0. The average molecular weight is 201 g/mol. The lowest BCUT2D eigenvalue weighted by atomic mass is 9.91. The molecule has 1 heterocycles. The fourth-order valence-electron chi connectivity index (χ4n) is 1.37. The molecule has 0 unspecified atom stereocenters. The maximum absolute atomic E-state index is 4.65. The van der Waals surface area contributed by atoms with Crippen molar-refractivity contribution in [2.24, 2.45) is 0 Å². The van der Waals surface area contributed by atoms with Crippen LogP contribution in [-0.4, -0.2) is 4.98 Å². The van der Waals surface area contributed by atoms with Crippen molar-refractivity contribution < 1.29 is 0 Å². The van der Waals surface area contributed by atoms with Gasteiger partial charge in [0.15, 0.2) is 0 Å². The average Bonchev–Trinajstić information content (AvgIpc) is 2.17. The third-order valence-electron chi connectivity index (χ3n) is 2.27. The van der Waals surface area contributed by atoms with Gasteiger partial charge in [-0.15, -0.1) is 0 Å². The van der Waals surface area contributed by atoms with Crippen molar-refractivity contribution in [2.75, 3.05) is 0 Å². The zero-order valence-electron chi connectivity index (χ0n) is 10.0. The second kappa shape index (κ2) is 4.43. The minimum atomic E-state index is 0.0933. The van der Waals surface area contributed by atoms with Gasteiger partial charge >= 0.3 is 0 Å². The van der Waals surface area contributed by atoms with E-state index in [0.29, 0.717) is 0 Å². The van der Waals surface area contributed by atoms with Gasteiger partial charge in [0, 0.05) is 11.1 Å². The molecule has 0 fully saturated rings. The first kappa shape index (κ1) is 11.7. The van der Waals surface area contributed by atoms with E-state index in [-0.39, 0.29) is 5.41 Å². The van der Waals surface area contributed by atoms with Crippen LogP contribution < -0.4 is 0 Å². The van der Waals surface area contributed by atoms with Gasteiger partial charge in [0.2, 0.25) is 0 Å². The Morgan fingerprint density at radius 2 is 1.93 bits per heavy atom. The van der Waals surface area contributed by atoms with Crippen molar-refractivity contribution in [3.63, 3.8) is 0 Å². The molecule has 0 amide bonds. The van der Waals surface area contributed by atoms with Crippen LogP contribution >= 0.6 is 0 Å². The van der Waals surface area contributed by atoms with Gasteiger partial charge < -0.3 is 0 Å². The molecule has 0 bridgehead atoms. The van der Waals surface area contributed by atoms with Crippen LogP contribution in [0.4, 0.5) is 0 Å². The fraction of sp³-hybridized carbons (Fsp3) is 0.357. The molecule has 0 saturated heterocycles. The van der Waals surface area contributed by atoms with Crippen molar-refractivity contribution in [1.29, 1.82) is 0 Å². The molecule has 0 aliphatic rings. The van der Waals surface area contributed by atoms with E-state index in [9.17, 15) is 0 Å².